The number of benzene rings is 2. The molecular formula is C21H22N4O4S. The van der Waals surface area contributed by atoms with E-state index in [9.17, 15) is 13.2 Å². The Morgan fingerprint density at radius 1 is 0.933 bits per heavy atom. The monoisotopic (exact) mass is 426 g/mol. The van der Waals surface area contributed by atoms with Gasteiger partial charge in [-0.15, -0.1) is 0 Å². The van der Waals surface area contributed by atoms with Crippen molar-refractivity contribution in [3.05, 3.63) is 67.0 Å². The fraction of sp³-hybridized carbons (Fsp3) is 0.238. The van der Waals surface area contributed by atoms with E-state index >= 15 is 0 Å². The Morgan fingerprint density at radius 3 is 2.23 bits per heavy atom. The minimum atomic E-state index is -4.00. The highest BCUT2D eigenvalue weighted by molar-refractivity contribution is 7.87. The lowest BCUT2D eigenvalue weighted by atomic mass is 10.2. The molecule has 1 amide bonds. The molecular weight excluding hydrogens is 404 g/mol. The maximum absolute atomic E-state index is 12.6. The quantitative estimate of drug-likeness (QED) is 0.582. The molecule has 30 heavy (non-hydrogen) atoms. The van der Waals surface area contributed by atoms with Crippen LogP contribution in [0.15, 0.2) is 71.9 Å². The first kappa shape index (κ1) is 20.0. The Labute approximate surface area is 175 Å². The van der Waals surface area contributed by atoms with Crippen LogP contribution in [0, 0.1) is 0 Å². The molecule has 0 radical (unpaired) electrons. The van der Waals surface area contributed by atoms with Crippen LogP contribution in [-0.4, -0.2) is 55.2 Å². The smallest absolute Gasteiger partial charge is 0.342 e. The van der Waals surface area contributed by atoms with Crippen LogP contribution < -0.4 is 9.08 Å². The SMILES string of the molecule is CC(=O)N1CCN(c2ccc(OS(=O)(=O)c3cnn(-c4ccccc4)c3)cc2)CC1. The van der Waals surface area contributed by atoms with Crippen LogP contribution in [0.25, 0.3) is 5.69 Å². The van der Waals surface area contributed by atoms with Crippen molar-refractivity contribution in [1.29, 1.82) is 0 Å². The summed E-state index contributed by atoms with van der Waals surface area (Å²) < 4.78 is 32.0. The minimum Gasteiger partial charge on any atom is -0.379 e. The lowest BCUT2D eigenvalue weighted by molar-refractivity contribution is -0.129. The third kappa shape index (κ3) is 4.30. The lowest BCUT2D eigenvalue weighted by Gasteiger charge is -2.35. The van der Waals surface area contributed by atoms with E-state index in [0.29, 0.717) is 13.1 Å². The first-order valence-electron chi connectivity index (χ1n) is 9.57. The predicted molar refractivity (Wildman–Crippen MR) is 112 cm³/mol. The maximum Gasteiger partial charge on any atom is 0.342 e. The van der Waals surface area contributed by atoms with Crippen molar-refractivity contribution in [2.75, 3.05) is 31.1 Å². The van der Waals surface area contributed by atoms with Crippen LogP contribution in [0.2, 0.25) is 0 Å². The summed E-state index contributed by atoms with van der Waals surface area (Å²) in [7, 11) is -4.00. The number of rotatable bonds is 5. The van der Waals surface area contributed by atoms with Gasteiger partial charge in [0.2, 0.25) is 5.91 Å². The van der Waals surface area contributed by atoms with Crippen LogP contribution in [0.1, 0.15) is 6.92 Å². The van der Waals surface area contributed by atoms with Crippen molar-refractivity contribution in [3.63, 3.8) is 0 Å². The third-order valence-electron chi connectivity index (χ3n) is 5.00. The highest BCUT2D eigenvalue weighted by Gasteiger charge is 2.21. The Balaban J connectivity index is 1.43. The zero-order valence-corrected chi connectivity index (χ0v) is 17.3. The number of nitrogens with zero attached hydrogens (tertiary/aromatic N) is 4. The van der Waals surface area contributed by atoms with Crippen molar-refractivity contribution >= 4 is 21.7 Å². The average Bonchev–Trinajstić information content (AvgIpc) is 3.26. The van der Waals surface area contributed by atoms with Crippen molar-refractivity contribution in [2.45, 2.75) is 11.8 Å². The molecule has 0 N–H and O–H groups in total. The number of aromatic nitrogens is 2. The van der Waals surface area contributed by atoms with Gasteiger partial charge in [-0.2, -0.15) is 13.5 Å². The van der Waals surface area contributed by atoms with Gasteiger partial charge in [-0.05, 0) is 36.4 Å². The largest absolute Gasteiger partial charge is 0.379 e. The highest BCUT2D eigenvalue weighted by Crippen LogP contribution is 2.24. The zero-order chi connectivity index (χ0) is 21.1. The fourth-order valence-corrected chi connectivity index (χ4v) is 4.19. The second-order valence-corrected chi connectivity index (χ2v) is 8.53. The van der Waals surface area contributed by atoms with Crippen molar-refractivity contribution in [3.8, 4) is 11.4 Å². The molecule has 0 saturated carbocycles. The van der Waals surface area contributed by atoms with E-state index in [4.69, 9.17) is 4.18 Å². The van der Waals surface area contributed by atoms with Crippen LogP contribution in [0.5, 0.6) is 5.75 Å². The van der Waals surface area contributed by atoms with Crippen molar-refractivity contribution in [2.24, 2.45) is 0 Å². The molecule has 2 heterocycles. The second kappa shape index (κ2) is 8.19. The average molecular weight is 426 g/mol. The number of para-hydroxylation sites is 1. The van der Waals surface area contributed by atoms with E-state index in [-0.39, 0.29) is 16.6 Å². The molecule has 1 aliphatic heterocycles. The Hall–Kier alpha value is -3.33. The number of carbonyl (C=O) groups is 1. The molecule has 156 valence electrons. The van der Waals surface area contributed by atoms with Gasteiger partial charge < -0.3 is 14.0 Å². The molecule has 1 saturated heterocycles. The summed E-state index contributed by atoms with van der Waals surface area (Å²) >= 11 is 0. The summed E-state index contributed by atoms with van der Waals surface area (Å²) in [5.74, 6) is 0.313. The van der Waals surface area contributed by atoms with Gasteiger partial charge in [0.25, 0.3) is 0 Å². The third-order valence-corrected chi connectivity index (χ3v) is 6.20. The molecule has 1 aliphatic rings. The summed E-state index contributed by atoms with van der Waals surface area (Å²) in [4.78, 5) is 15.4. The Bertz CT molecular complexity index is 1120. The van der Waals surface area contributed by atoms with E-state index < -0.39 is 10.1 Å². The Kier molecular flexibility index (Phi) is 5.45. The van der Waals surface area contributed by atoms with Gasteiger partial charge in [0.15, 0.2) is 0 Å². The topological polar surface area (TPSA) is 84.7 Å². The normalized spacial score (nSPS) is 14.6. The second-order valence-electron chi connectivity index (χ2n) is 6.98. The summed E-state index contributed by atoms with van der Waals surface area (Å²) in [6, 6.07) is 16.1. The van der Waals surface area contributed by atoms with Gasteiger partial charge in [-0.3, -0.25) is 4.79 Å². The van der Waals surface area contributed by atoms with Gasteiger partial charge in [0, 0.05) is 38.8 Å². The molecule has 0 atom stereocenters. The van der Waals surface area contributed by atoms with E-state index in [1.165, 1.54) is 17.1 Å². The molecule has 4 rings (SSSR count). The number of hydrogen-bond donors (Lipinski definition) is 0. The van der Waals surface area contributed by atoms with Gasteiger partial charge >= 0.3 is 10.1 Å². The number of amides is 1. The van der Waals surface area contributed by atoms with E-state index in [1.807, 2.05) is 47.4 Å². The molecule has 0 bridgehead atoms. The first-order valence-corrected chi connectivity index (χ1v) is 11.0. The van der Waals surface area contributed by atoms with E-state index in [2.05, 4.69) is 10.00 Å². The fourth-order valence-electron chi connectivity index (χ4n) is 3.32. The van der Waals surface area contributed by atoms with E-state index in [1.54, 1.807) is 19.1 Å². The number of anilines is 1. The molecule has 9 heteroatoms. The standard InChI is InChI=1S/C21H22N4O4S/c1-17(26)23-11-13-24(14-12-23)18-7-9-20(10-8-18)29-30(27,28)21-15-22-25(16-21)19-5-3-2-4-6-19/h2-10,15-16H,11-14H2,1H3. The van der Waals surface area contributed by atoms with Gasteiger partial charge in [0.05, 0.1) is 18.1 Å². The number of carbonyl (C=O) groups excluding carboxylic acids is 1. The van der Waals surface area contributed by atoms with Crippen LogP contribution in [-0.2, 0) is 14.9 Å². The summed E-state index contributed by atoms with van der Waals surface area (Å²) in [6.45, 7) is 4.39. The molecule has 0 unspecified atom stereocenters. The van der Waals surface area contributed by atoms with Crippen LogP contribution in [0.4, 0.5) is 5.69 Å². The van der Waals surface area contributed by atoms with Crippen molar-refractivity contribution in [1.82, 2.24) is 14.7 Å². The zero-order valence-electron chi connectivity index (χ0n) is 16.5. The van der Waals surface area contributed by atoms with Crippen molar-refractivity contribution < 1.29 is 17.4 Å². The summed E-state index contributed by atoms with van der Waals surface area (Å²) in [6.07, 6.45) is 2.69. The molecule has 0 aliphatic carbocycles. The van der Waals surface area contributed by atoms with Crippen LogP contribution >= 0.6 is 0 Å². The molecule has 1 aromatic heterocycles. The predicted octanol–water partition coefficient (Wildman–Crippen LogP) is 2.31. The minimum absolute atomic E-state index is 0.0178. The Morgan fingerprint density at radius 2 is 1.60 bits per heavy atom. The first-order chi connectivity index (χ1) is 14.4. The molecule has 1 fully saturated rings. The lowest BCUT2D eigenvalue weighted by Crippen LogP contribution is -2.48. The molecule has 8 nitrogen and oxygen atoms in total. The number of hydrogen-bond acceptors (Lipinski definition) is 6. The van der Waals surface area contributed by atoms with Gasteiger partial charge in [0.1, 0.15) is 10.6 Å². The number of piperazine rings is 1. The molecule has 2 aromatic carbocycles. The van der Waals surface area contributed by atoms with Gasteiger partial charge in [-0.1, -0.05) is 18.2 Å². The van der Waals surface area contributed by atoms with Crippen LogP contribution in [0.3, 0.4) is 0 Å². The van der Waals surface area contributed by atoms with Gasteiger partial charge in [-0.25, -0.2) is 4.68 Å². The molecule has 3 aromatic rings. The highest BCUT2D eigenvalue weighted by atomic mass is 32.2. The summed E-state index contributed by atoms with van der Waals surface area (Å²) in [5, 5.41) is 4.11. The maximum atomic E-state index is 12.6. The summed E-state index contributed by atoms with van der Waals surface area (Å²) in [5.41, 5.74) is 1.72. The molecule has 0 spiro atoms. The van der Waals surface area contributed by atoms with E-state index in [0.717, 1.165) is 24.5 Å².